The van der Waals surface area contributed by atoms with Crippen LogP contribution in [0.4, 0.5) is 11.4 Å². The summed E-state index contributed by atoms with van der Waals surface area (Å²) in [6.07, 6.45) is 1.12. The first-order valence-corrected chi connectivity index (χ1v) is 10.6. The summed E-state index contributed by atoms with van der Waals surface area (Å²) in [7, 11) is 3.44. The van der Waals surface area contributed by atoms with Gasteiger partial charge in [0.25, 0.3) is 0 Å². The molecule has 1 aliphatic heterocycles. The average molecular weight is 403 g/mol. The molecule has 30 heavy (non-hydrogen) atoms. The molecule has 1 fully saturated rings. The maximum absolute atomic E-state index is 5.52. The van der Waals surface area contributed by atoms with Crippen LogP contribution in [0, 0.1) is 6.92 Å². The summed E-state index contributed by atoms with van der Waals surface area (Å²) < 4.78 is 10.8. The molecule has 0 aliphatic carbocycles. The summed E-state index contributed by atoms with van der Waals surface area (Å²) in [6.45, 7) is 6.19. The van der Waals surface area contributed by atoms with Gasteiger partial charge in [-0.3, -0.25) is 0 Å². The predicted octanol–water partition coefficient (Wildman–Crippen LogP) is 5.40. The highest BCUT2D eigenvalue weighted by atomic mass is 16.5. The number of methoxy groups -OCH3 is 2. The number of ether oxygens (including phenoxy) is 2. The molecule has 0 aromatic heterocycles. The van der Waals surface area contributed by atoms with Gasteiger partial charge in [0, 0.05) is 43.1 Å². The van der Waals surface area contributed by atoms with Gasteiger partial charge in [-0.05, 0) is 61.4 Å². The highest BCUT2D eigenvalue weighted by Gasteiger charge is 2.19. The minimum absolute atomic E-state index is 0.893. The highest BCUT2D eigenvalue weighted by molar-refractivity contribution is 5.80. The Balaban J connectivity index is 1.58. The number of hydrogen-bond donors (Lipinski definition) is 0. The van der Waals surface area contributed by atoms with Crippen molar-refractivity contribution in [2.75, 3.05) is 50.2 Å². The van der Waals surface area contributed by atoms with Crippen molar-refractivity contribution in [2.45, 2.75) is 13.3 Å². The second-order valence-corrected chi connectivity index (χ2v) is 7.77. The Hall–Kier alpha value is -3.14. The van der Waals surface area contributed by atoms with Crippen LogP contribution in [0.15, 0.2) is 66.7 Å². The Bertz CT molecular complexity index is 967. The zero-order chi connectivity index (χ0) is 20.9. The zero-order valence-corrected chi connectivity index (χ0v) is 18.1. The first-order chi connectivity index (χ1) is 14.7. The van der Waals surface area contributed by atoms with Crippen molar-refractivity contribution in [1.82, 2.24) is 0 Å². The van der Waals surface area contributed by atoms with Crippen molar-refractivity contribution >= 4 is 11.4 Å². The quantitative estimate of drug-likeness (QED) is 0.571. The summed E-state index contributed by atoms with van der Waals surface area (Å²) in [6, 6.07) is 23.6. The van der Waals surface area contributed by atoms with Crippen molar-refractivity contribution in [3.8, 4) is 22.6 Å². The van der Waals surface area contributed by atoms with Gasteiger partial charge in [0.1, 0.15) is 11.5 Å². The van der Waals surface area contributed by atoms with Crippen molar-refractivity contribution < 1.29 is 9.47 Å². The molecule has 1 aliphatic rings. The molecule has 1 heterocycles. The predicted molar refractivity (Wildman–Crippen MR) is 125 cm³/mol. The van der Waals surface area contributed by atoms with Crippen molar-refractivity contribution in [2.24, 2.45) is 0 Å². The van der Waals surface area contributed by atoms with Crippen LogP contribution < -0.4 is 19.3 Å². The van der Waals surface area contributed by atoms with Gasteiger partial charge in [0.05, 0.1) is 14.2 Å². The molecule has 0 radical (unpaired) electrons. The van der Waals surface area contributed by atoms with E-state index in [1.54, 1.807) is 14.2 Å². The molecule has 0 saturated carbocycles. The number of anilines is 2. The molecular weight excluding hydrogens is 372 g/mol. The number of hydrogen-bond acceptors (Lipinski definition) is 4. The van der Waals surface area contributed by atoms with Gasteiger partial charge in [-0.25, -0.2) is 0 Å². The van der Waals surface area contributed by atoms with E-state index < -0.39 is 0 Å². The Kier molecular flexibility index (Phi) is 6.12. The van der Waals surface area contributed by atoms with E-state index in [9.17, 15) is 0 Å². The summed E-state index contributed by atoms with van der Waals surface area (Å²) in [4.78, 5) is 4.98. The molecule has 0 amide bonds. The van der Waals surface area contributed by atoms with E-state index >= 15 is 0 Å². The Morgan fingerprint density at radius 1 is 0.667 bits per heavy atom. The number of benzene rings is 3. The van der Waals surface area contributed by atoms with E-state index in [0.29, 0.717) is 0 Å². The van der Waals surface area contributed by atoms with Crippen molar-refractivity contribution in [3.63, 3.8) is 0 Å². The molecule has 0 spiro atoms. The number of nitrogens with zero attached hydrogens (tertiary/aromatic N) is 2. The molecule has 4 heteroatoms. The van der Waals surface area contributed by atoms with Crippen molar-refractivity contribution in [1.29, 1.82) is 0 Å². The standard InChI is InChI=1S/C26H30N2O2/c1-20-5-7-21(8-6-20)25-19-24(30-3)13-14-26(25)28-16-4-15-27(17-18-28)22-9-11-23(29-2)12-10-22/h5-14,19H,4,15-18H2,1-3H3. The Morgan fingerprint density at radius 2 is 1.30 bits per heavy atom. The van der Waals surface area contributed by atoms with Gasteiger partial charge >= 0.3 is 0 Å². The molecular formula is C26H30N2O2. The SMILES string of the molecule is COc1ccc(N2CCCN(c3ccc(OC)cc3-c3ccc(C)cc3)CC2)cc1. The third-order valence-corrected chi connectivity index (χ3v) is 5.84. The average Bonchev–Trinajstić information content (AvgIpc) is 3.05. The van der Waals surface area contributed by atoms with E-state index in [-0.39, 0.29) is 0 Å². The monoisotopic (exact) mass is 402 g/mol. The second-order valence-electron chi connectivity index (χ2n) is 7.77. The van der Waals surface area contributed by atoms with Crippen LogP contribution in [0.5, 0.6) is 11.5 Å². The lowest BCUT2D eigenvalue weighted by atomic mass is 10.0. The maximum atomic E-state index is 5.52. The van der Waals surface area contributed by atoms with Gasteiger partial charge in [0.2, 0.25) is 0 Å². The van der Waals surface area contributed by atoms with E-state index in [2.05, 4.69) is 71.3 Å². The first kappa shape index (κ1) is 20.1. The van der Waals surface area contributed by atoms with Crippen LogP contribution in [0.3, 0.4) is 0 Å². The lowest BCUT2D eigenvalue weighted by Gasteiger charge is -2.27. The smallest absolute Gasteiger partial charge is 0.119 e. The third kappa shape index (κ3) is 4.38. The van der Waals surface area contributed by atoms with Crippen molar-refractivity contribution in [3.05, 3.63) is 72.3 Å². The van der Waals surface area contributed by atoms with Gasteiger partial charge in [0.15, 0.2) is 0 Å². The molecule has 3 aromatic carbocycles. The van der Waals surface area contributed by atoms with Gasteiger partial charge in [-0.2, -0.15) is 0 Å². The molecule has 1 saturated heterocycles. The fraction of sp³-hybridized carbons (Fsp3) is 0.308. The minimum Gasteiger partial charge on any atom is -0.497 e. The van der Waals surface area contributed by atoms with Gasteiger partial charge in [-0.15, -0.1) is 0 Å². The molecule has 0 atom stereocenters. The van der Waals surface area contributed by atoms with Crippen LogP contribution in [0.1, 0.15) is 12.0 Å². The largest absolute Gasteiger partial charge is 0.497 e. The van der Waals surface area contributed by atoms with Crippen LogP contribution in [-0.4, -0.2) is 40.4 Å². The molecule has 0 N–H and O–H groups in total. The Labute approximate surface area is 179 Å². The molecule has 156 valence electrons. The van der Waals surface area contributed by atoms with Crippen LogP contribution in [-0.2, 0) is 0 Å². The zero-order valence-electron chi connectivity index (χ0n) is 18.1. The maximum Gasteiger partial charge on any atom is 0.119 e. The normalized spacial score (nSPS) is 14.4. The van der Waals surface area contributed by atoms with Gasteiger partial charge in [-0.1, -0.05) is 29.8 Å². The second kappa shape index (κ2) is 9.12. The summed E-state index contributed by atoms with van der Waals surface area (Å²) >= 11 is 0. The van der Waals surface area contributed by atoms with E-state index in [0.717, 1.165) is 44.1 Å². The fourth-order valence-electron chi connectivity index (χ4n) is 4.09. The molecule has 0 bridgehead atoms. The minimum atomic E-state index is 0.893. The number of rotatable bonds is 5. The number of aryl methyl sites for hydroxylation is 1. The summed E-state index contributed by atoms with van der Waals surface area (Å²) in [5.74, 6) is 1.79. The van der Waals surface area contributed by atoms with E-state index in [4.69, 9.17) is 9.47 Å². The summed E-state index contributed by atoms with van der Waals surface area (Å²) in [5.41, 5.74) is 6.26. The molecule has 3 aromatic rings. The van der Waals surface area contributed by atoms with E-state index in [1.807, 2.05) is 12.1 Å². The van der Waals surface area contributed by atoms with Crippen LogP contribution >= 0.6 is 0 Å². The molecule has 4 rings (SSSR count). The van der Waals surface area contributed by atoms with Crippen LogP contribution in [0.2, 0.25) is 0 Å². The first-order valence-electron chi connectivity index (χ1n) is 10.6. The lowest BCUT2D eigenvalue weighted by Crippen LogP contribution is -2.30. The molecule has 4 nitrogen and oxygen atoms in total. The third-order valence-electron chi connectivity index (χ3n) is 5.84. The fourth-order valence-corrected chi connectivity index (χ4v) is 4.09. The Morgan fingerprint density at radius 3 is 2.00 bits per heavy atom. The lowest BCUT2D eigenvalue weighted by molar-refractivity contribution is 0.414. The van der Waals surface area contributed by atoms with Crippen LogP contribution in [0.25, 0.3) is 11.1 Å². The topological polar surface area (TPSA) is 24.9 Å². The highest BCUT2D eigenvalue weighted by Crippen LogP contribution is 2.35. The van der Waals surface area contributed by atoms with Gasteiger partial charge < -0.3 is 19.3 Å². The summed E-state index contributed by atoms with van der Waals surface area (Å²) in [5, 5.41) is 0. The van der Waals surface area contributed by atoms with E-state index in [1.165, 1.54) is 28.1 Å². The molecule has 0 unspecified atom stereocenters.